The summed E-state index contributed by atoms with van der Waals surface area (Å²) in [5.41, 5.74) is 3.06. The number of carbonyl (C=O) groups excluding carboxylic acids is 1. The van der Waals surface area contributed by atoms with Gasteiger partial charge in [0.1, 0.15) is 0 Å². The molecule has 2 rings (SSSR count). The van der Waals surface area contributed by atoms with E-state index in [1.165, 1.54) is 11.8 Å². The van der Waals surface area contributed by atoms with Gasteiger partial charge in [-0.05, 0) is 23.5 Å². The second-order valence-corrected chi connectivity index (χ2v) is 6.05. The molecule has 0 saturated heterocycles. The molecule has 4 nitrogen and oxygen atoms in total. The minimum Gasteiger partial charge on any atom is -0.345 e. The van der Waals surface area contributed by atoms with Crippen LogP contribution in [0.2, 0.25) is 0 Å². The first-order chi connectivity index (χ1) is 9.38. The van der Waals surface area contributed by atoms with Gasteiger partial charge < -0.3 is 5.32 Å². The Kier molecular flexibility index (Phi) is 3.93. The maximum atomic E-state index is 11.9. The van der Waals surface area contributed by atoms with Crippen LogP contribution < -0.4 is 5.32 Å². The second kappa shape index (κ2) is 5.49. The predicted molar refractivity (Wildman–Crippen MR) is 79.6 cm³/mol. The minimum absolute atomic E-state index is 0.0357. The SMILES string of the molecule is CC(NC(=O)c1cn[nH]c1)c1ccc(C(C)(C)C)cc1. The van der Waals surface area contributed by atoms with Crippen molar-refractivity contribution in [3.63, 3.8) is 0 Å². The summed E-state index contributed by atoms with van der Waals surface area (Å²) in [6.07, 6.45) is 3.11. The lowest BCUT2D eigenvalue weighted by molar-refractivity contribution is 0.0940. The largest absolute Gasteiger partial charge is 0.345 e. The van der Waals surface area contributed by atoms with E-state index in [0.29, 0.717) is 5.56 Å². The third-order valence-corrected chi connectivity index (χ3v) is 3.38. The molecule has 0 aliphatic heterocycles. The van der Waals surface area contributed by atoms with Gasteiger partial charge in [-0.25, -0.2) is 0 Å². The van der Waals surface area contributed by atoms with Gasteiger partial charge in [-0.1, -0.05) is 45.0 Å². The second-order valence-electron chi connectivity index (χ2n) is 6.05. The lowest BCUT2D eigenvalue weighted by atomic mass is 9.86. The number of amides is 1. The standard InChI is InChI=1S/C16H21N3O/c1-11(19-15(20)13-9-17-18-10-13)12-5-7-14(8-6-12)16(2,3)4/h5-11H,1-4H3,(H,17,18)(H,19,20). The first-order valence-electron chi connectivity index (χ1n) is 6.78. The highest BCUT2D eigenvalue weighted by Crippen LogP contribution is 2.23. The molecule has 0 radical (unpaired) electrons. The van der Waals surface area contributed by atoms with Gasteiger partial charge in [-0.3, -0.25) is 9.89 Å². The summed E-state index contributed by atoms with van der Waals surface area (Å²) in [6.45, 7) is 8.54. The van der Waals surface area contributed by atoms with Gasteiger partial charge >= 0.3 is 0 Å². The van der Waals surface area contributed by atoms with Gasteiger partial charge in [-0.2, -0.15) is 5.10 Å². The molecule has 0 fully saturated rings. The van der Waals surface area contributed by atoms with Crippen LogP contribution in [0.4, 0.5) is 0 Å². The fraction of sp³-hybridized carbons (Fsp3) is 0.375. The maximum Gasteiger partial charge on any atom is 0.254 e. The Morgan fingerprint density at radius 3 is 2.40 bits per heavy atom. The number of hydrogen-bond acceptors (Lipinski definition) is 2. The first kappa shape index (κ1) is 14.3. The van der Waals surface area contributed by atoms with Gasteiger partial charge in [0.15, 0.2) is 0 Å². The van der Waals surface area contributed by atoms with Crippen LogP contribution in [0.3, 0.4) is 0 Å². The molecule has 106 valence electrons. The summed E-state index contributed by atoms with van der Waals surface area (Å²) in [4.78, 5) is 11.9. The molecule has 0 aliphatic rings. The smallest absolute Gasteiger partial charge is 0.254 e. The van der Waals surface area contributed by atoms with E-state index >= 15 is 0 Å². The number of aromatic nitrogens is 2. The van der Waals surface area contributed by atoms with Crippen molar-refractivity contribution >= 4 is 5.91 Å². The average Bonchev–Trinajstić information content (AvgIpc) is 2.91. The van der Waals surface area contributed by atoms with Crippen LogP contribution >= 0.6 is 0 Å². The molecule has 1 amide bonds. The summed E-state index contributed by atoms with van der Waals surface area (Å²) in [7, 11) is 0. The van der Waals surface area contributed by atoms with Crippen molar-refractivity contribution < 1.29 is 4.79 Å². The Morgan fingerprint density at radius 1 is 1.25 bits per heavy atom. The monoisotopic (exact) mass is 271 g/mol. The summed E-state index contributed by atoms with van der Waals surface area (Å²) in [5, 5.41) is 9.37. The zero-order valence-electron chi connectivity index (χ0n) is 12.4. The summed E-state index contributed by atoms with van der Waals surface area (Å²) < 4.78 is 0. The van der Waals surface area contributed by atoms with E-state index in [9.17, 15) is 4.79 Å². The van der Waals surface area contributed by atoms with Gasteiger partial charge in [0, 0.05) is 6.20 Å². The number of nitrogens with one attached hydrogen (secondary N) is 2. The number of H-pyrrole nitrogens is 1. The first-order valence-corrected chi connectivity index (χ1v) is 6.78. The number of benzene rings is 1. The molecule has 4 heteroatoms. The van der Waals surface area contributed by atoms with Gasteiger partial charge in [0.2, 0.25) is 0 Å². The van der Waals surface area contributed by atoms with Crippen molar-refractivity contribution in [3.8, 4) is 0 Å². The zero-order valence-corrected chi connectivity index (χ0v) is 12.4. The topological polar surface area (TPSA) is 57.8 Å². The van der Waals surface area contributed by atoms with Crippen LogP contribution in [-0.4, -0.2) is 16.1 Å². The molecule has 20 heavy (non-hydrogen) atoms. The van der Waals surface area contributed by atoms with Gasteiger partial charge in [-0.15, -0.1) is 0 Å². The lowest BCUT2D eigenvalue weighted by Crippen LogP contribution is -2.26. The van der Waals surface area contributed by atoms with Gasteiger partial charge in [0.25, 0.3) is 5.91 Å². The number of aromatic amines is 1. The predicted octanol–water partition coefficient (Wildman–Crippen LogP) is 3.20. The van der Waals surface area contributed by atoms with Crippen LogP contribution in [-0.2, 0) is 5.41 Å². The quantitative estimate of drug-likeness (QED) is 0.900. The van der Waals surface area contributed by atoms with Crippen molar-refractivity contribution in [1.29, 1.82) is 0 Å². The molecule has 0 aliphatic carbocycles. The Labute approximate surface area is 119 Å². The van der Waals surface area contributed by atoms with Crippen molar-refractivity contribution in [2.45, 2.75) is 39.2 Å². The Hall–Kier alpha value is -2.10. The molecule has 1 aromatic carbocycles. The van der Waals surface area contributed by atoms with E-state index in [2.05, 4.69) is 60.6 Å². The number of hydrogen-bond donors (Lipinski definition) is 2. The Morgan fingerprint density at radius 2 is 1.90 bits per heavy atom. The van der Waals surface area contributed by atoms with Crippen LogP contribution in [0.5, 0.6) is 0 Å². The molecule has 1 atom stereocenters. The molecule has 1 heterocycles. The van der Waals surface area contributed by atoms with Crippen molar-refractivity contribution in [2.75, 3.05) is 0 Å². The molecule has 0 spiro atoms. The van der Waals surface area contributed by atoms with E-state index < -0.39 is 0 Å². The van der Waals surface area contributed by atoms with Crippen LogP contribution in [0.1, 0.15) is 55.2 Å². The highest BCUT2D eigenvalue weighted by atomic mass is 16.1. The fourth-order valence-electron chi connectivity index (χ4n) is 2.01. The van der Waals surface area contributed by atoms with Crippen LogP contribution in [0.25, 0.3) is 0 Å². The third kappa shape index (κ3) is 3.26. The molecule has 1 aromatic heterocycles. The minimum atomic E-state index is -0.119. The number of rotatable bonds is 3. The fourth-order valence-corrected chi connectivity index (χ4v) is 2.01. The Bertz CT molecular complexity index is 565. The zero-order chi connectivity index (χ0) is 14.8. The molecule has 1 unspecified atom stereocenters. The maximum absolute atomic E-state index is 11.9. The molecular formula is C16H21N3O. The van der Waals surface area contributed by atoms with Gasteiger partial charge in [0.05, 0.1) is 17.8 Å². The van der Waals surface area contributed by atoms with E-state index in [4.69, 9.17) is 0 Å². The number of nitrogens with zero attached hydrogens (tertiary/aromatic N) is 1. The normalized spacial score (nSPS) is 13.0. The summed E-state index contributed by atoms with van der Waals surface area (Å²) in [5.74, 6) is -0.119. The highest BCUT2D eigenvalue weighted by molar-refractivity contribution is 5.93. The van der Waals surface area contributed by atoms with E-state index in [-0.39, 0.29) is 17.4 Å². The molecule has 2 N–H and O–H groups in total. The van der Waals surface area contributed by atoms with Crippen molar-refractivity contribution in [3.05, 3.63) is 53.3 Å². The average molecular weight is 271 g/mol. The lowest BCUT2D eigenvalue weighted by Gasteiger charge is -2.20. The van der Waals surface area contributed by atoms with E-state index in [0.717, 1.165) is 5.56 Å². The van der Waals surface area contributed by atoms with Crippen molar-refractivity contribution in [1.82, 2.24) is 15.5 Å². The third-order valence-electron chi connectivity index (χ3n) is 3.38. The molecule has 0 saturated carbocycles. The van der Waals surface area contributed by atoms with Crippen LogP contribution in [0, 0.1) is 0 Å². The number of carbonyl (C=O) groups is 1. The summed E-state index contributed by atoms with van der Waals surface area (Å²) >= 11 is 0. The highest BCUT2D eigenvalue weighted by Gasteiger charge is 2.15. The molecular weight excluding hydrogens is 250 g/mol. The van der Waals surface area contributed by atoms with E-state index in [1.807, 2.05) is 6.92 Å². The molecule has 2 aromatic rings. The Balaban J connectivity index is 2.06. The van der Waals surface area contributed by atoms with E-state index in [1.54, 1.807) is 6.20 Å². The van der Waals surface area contributed by atoms with Crippen LogP contribution in [0.15, 0.2) is 36.7 Å². The molecule has 0 bridgehead atoms. The van der Waals surface area contributed by atoms with Crippen molar-refractivity contribution in [2.24, 2.45) is 0 Å². The summed E-state index contributed by atoms with van der Waals surface area (Å²) in [6, 6.07) is 8.35.